The normalized spacial score (nSPS) is 33.2. The van der Waals surface area contributed by atoms with E-state index >= 15 is 0 Å². The third-order valence-corrected chi connectivity index (χ3v) is 5.21. The van der Waals surface area contributed by atoms with Gasteiger partial charge in [0, 0.05) is 0 Å². The smallest absolute Gasteiger partial charge is 0.00297 e. The summed E-state index contributed by atoms with van der Waals surface area (Å²) in [5.74, 6) is 6.11. The second kappa shape index (κ2) is 9.87. The van der Waals surface area contributed by atoms with Crippen molar-refractivity contribution < 1.29 is 0 Å². The number of hydrogen-bond acceptors (Lipinski definition) is 0. The Morgan fingerprint density at radius 1 is 0.950 bits per heavy atom. The molecule has 0 aliphatic heterocycles. The van der Waals surface area contributed by atoms with Gasteiger partial charge in [0.1, 0.15) is 0 Å². The molecule has 2 aliphatic rings. The zero-order chi connectivity index (χ0) is 14.8. The highest BCUT2D eigenvalue weighted by Gasteiger charge is 2.29. The van der Waals surface area contributed by atoms with Crippen molar-refractivity contribution in [3.05, 3.63) is 25.3 Å². The van der Waals surface area contributed by atoms with Gasteiger partial charge in [-0.15, -0.1) is 25.5 Å². The summed E-state index contributed by atoms with van der Waals surface area (Å²) in [5, 5.41) is 0. The van der Waals surface area contributed by atoms with Crippen LogP contribution in [-0.4, -0.2) is 0 Å². The molecular weight excluding hydrogens is 240 g/mol. The number of rotatable bonds is 4. The Labute approximate surface area is 126 Å². The van der Waals surface area contributed by atoms with Crippen LogP contribution in [0.15, 0.2) is 25.3 Å². The molecule has 0 aromatic heterocycles. The summed E-state index contributed by atoms with van der Waals surface area (Å²) in [6.07, 6.45) is 21.8. The van der Waals surface area contributed by atoms with Crippen LogP contribution in [0.1, 0.15) is 64.7 Å². The van der Waals surface area contributed by atoms with E-state index in [1.165, 1.54) is 57.8 Å². The first-order chi connectivity index (χ1) is 9.74. The highest BCUT2D eigenvalue weighted by atomic mass is 14.3. The lowest BCUT2D eigenvalue weighted by molar-refractivity contribution is 0.156. The van der Waals surface area contributed by atoms with Crippen molar-refractivity contribution in [2.45, 2.75) is 64.7 Å². The SMILES string of the molecule is C#CC.C=CCC1CCC(C2CCC(C=C)CC2)CC1. The quantitative estimate of drug-likeness (QED) is 0.435. The molecule has 2 rings (SSSR count). The largest absolute Gasteiger partial charge is 0.120 e. The van der Waals surface area contributed by atoms with Crippen LogP contribution in [0.5, 0.6) is 0 Å². The molecule has 0 radical (unpaired) electrons. The summed E-state index contributed by atoms with van der Waals surface area (Å²) >= 11 is 0. The monoisotopic (exact) mass is 272 g/mol. The second-order valence-corrected chi connectivity index (χ2v) is 6.50. The van der Waals surface area contributed by atoms with E-state index in [2.05, 4.69) is 37.7 Å². The Morgan fingerprint density at radius 3 is 1.80 bits per heavy atom. The van der Waals surface area contributed by atoms with Crippen molar-refractivity contribution >= 4 is 0 Å². The van der Waals surface area contributed by atoms with Crippen LogP contribution in [0.4, 0.5) is 0 Å². The van der Waals surface area contributed by atoms with Gasteiger partial charge in [-0.2, -0.15) is 0 Å². The van der Waals surface area contributed by atoms with E-state index in [-0.39, 0.29) is 0 Å². The summed E-state index contributed by atoms with van der Waals surface area (Å²) in [4.78, 5) is 0. The Morgan fingerprint density at radius 2 is 1.40 bits per heavy atom. The van der Waals surface area contributed by atoms with Gasteiger partial charge in [-0.3, -0.25) is 0 Å². The molecule has 0 unspecified atom stereocenters. The van der Waals surface area contributed by atoms with Gasteiger partial charge in [-0.25, -0.2) is 0 Å². The number of allylic oxidation sites excluding steroid dienone is 2. The van der Waals surface area contributed by atoms with E-state index in [4.69, 9.17) is 0 Å². The predicted molar refractivity (Wildman–Crippen MR) is 90.4 cm³/mol. The summed E-state index contributed by atoms with van der Waals surface area (Å²) in [6, 6.07) is 0. The van der Waals surface area contributed by atoms with Crippen molar-refractivity contribution in [1.29, 1.82) is 0 Å². The first kappa shape index (κ1) is 17.1. The Kier molecular flexibility index (Phi) is 8.43. The van der Waals surface area contributed by atoms with Gasteiger partial charge < -0.3 is 0 Å². The minimum absolute atomic E-state index is 0.823. The van der Waals surface area contributed by atoms with E-state index in [0.29, 0.717) is 0 Å². The number of terminal acetylenes is 1. The third kappa shape index (κ3) is 5.58. The standard InChI is InChI=1S/C17H28.C3H4/c1-3-5-15-8-12-17(13-9-15)16-10-6-14(4-2)7-11-16;1-3-2/h3-4,14-17H,1-2,5-13H2;1H,2H3. The van der Waals surface area contributed by atoms with Crippen LogP contribution in [0, 0.1) is 36.0 Å². The average Bonchev–Trinajstić information content (AvgIpc) is 2.49. The molecule has 0 heterocycles. The van der Waals surface area contributed by atoms with Gasteiger partial charge in [-0.05, 0) is 88.4 Å². The van der Waals surface area contributed by atoms with Crippen molar-refractivity contribution in [1.82, 2.24) is 0 Å². The maximum absolute atomic E-state index is 4.60. The zero-order valence-electron chi connectivity index (χ0n) is 13.3. The summed E-state index contributed by atoms with van der Waals surface area (Å²) in [7, 11) is 0. The van der Waals surface area contributed by atoms with Crippen molar-refractivity contribution in [3.8, 4) is 12.3 Å². The van der Waals surface area contributed by atoms with Gasteiger partial charge in [-0.1, -0.05) is 12.2 Å². The van der Waals surface area contributed by atoms with Crippen LogP contribution < -0.4 is 0 Å². The fourth-order valence-corrected chi connectivity index (χ4v) is 3.98. The first-order valence-electron chi connectivity index (χ1n) is 8.35. The fraction of sp³-hybridized carbons (Fsp3) is 0.700. The average molecular weight is 272 g/mol. The number of hydrogen-bond donors (Lipinski definition) is 0. The highest BCUT2D eigenvalue weighted by molar-refractivity contribution is 4.88. The lowest BCUT2D eigenvalue weighted by Crippen LogP contribution is -2.25. The van der Waals surface area contributed by atoms with Crippen molar-refractivity contribution in [2.24, 2.45) is 23.7 Å². The van der Waals surface area contributed by atoms with E-state index in [1.807, 2.05) is 0 Å². The van der Waals surface area contributed by atoms with Crippen LogP contribution in [0.3, 0.4) is 0 Å². The van der Waals surface area contributed by atoms with E-state index in [0.717, 1.165) is 23.7 Å². The molecule has 2 aliphatic carbocycles. The molecule has 0 heteroatoms. The van der Waals surface area contributed by atoms with E-state index in [1.54, 1.807) is 6.92 Å². The summed E-state index contributed by atoms with van der Waals surface area (Å²) in [6.45, 7) is 9.47. The highest BCUT2D eigenvalue weighted by Crippen LogP contribution is 2.42. The Bertz CT molecular complexity index is 303. The van der Waals surface area contributed by atoms with E-state index in [9.17, 15) is 0 Å². The molecular formula is C20H32. The van der Waals surface area contributed by atoms with Gasteiger partial charge in [0.25, 0.3) is 0 Å². The topological polar surface area (TPSA) is 0 Å². The Hall–Kier alpha value is -0.960. The van der Waals surface area contributed by atoms with Crippen molar-refractivity contribution in [3.63, 3.8) is 0 Å². The molecule has 0 aromatic carbocycles. The lowest BCUT2D eigenvalue weighted by Gasteiger charge is -2.37. The minimum Gasteiger partial charge on any atom is -0.120 e. The second-order valence-electron chi connectivity index (χ2n) is 6.50. The molecule has 0 atom stereocenters. The van der Waals surface area contributed by atoms with Crippen LogP contribution in [0.25, 0.3) is 0 Å². The minimum atomic E-state index is 0.823. The summed E-state index contributed by atoms with van der Waals surface area (Å²) in [5.41, 5.74) is 0. The van der Waals surface area contributed by atoms with E-state index < -0.39 is 0 Å². The van der Waals surface area contributed by atoms with Gasteiger partial charge in [0.05, 0.1) is 0 Å². The van der Waals surface area contributed by atoms with Gasteiger partial charge >= 0.3 is 0 Å². The molecule has 0 amide bonds. The lowest BCUT2D eigenvalue weighted by atomic mass is 9.69. The maximum Gasteiger partial charge on any atom is -0.00297 e. The fourth-order valence-electron chi connectivity index (χ4n) is 3.98. The zero-order valence-corrected chi connectivity index (χ0v) is 13.3. The molecule has 0 bridgehead atoms. The Balaban J connectivity index is 0.000000612. The molecule has 2 saturated carbocycles. The molecule has 2 fully saturated rings. The van der Waals surface area contributed by atoms with Gasteiger partial charge in [0.2, 0.25) is 0 Å². The maximum atomic E-state index is 4.60. The molecule has 0 saturated heterocycles. The molecule has 0 nitrogen and oxygen atoms in total. The van der Waals surface area contributed by atoms with Gasteiger partial charge in [0.15, 0.2) is 0 Å². The molecule has 0 N–H and O–H groups in total. The van der Waals surface area contributed by atoms with Crippen LogP contribution in [0.2, 0.25) is 0 Å². The molecule has 0 aromatic rings. The first-order valence-corrected chi connectivity index (χ1v) is 8.35. The van der Waals surface area contributed by atoms with Crippen LogP contribution in [-0.2, 0) is 0 Å². The molecule has 112 valence electrons. The van der Waals surface area contributed by atoms with Crippen LogP contribution >= 0.6 is 0 Å². The van der Waals surface area contributed by atoms with Crippen molar-refractivity contribution in [2.75, 3.05) is 0 Å². The predicted octanol–water partition coefficient (Wildman–Crippen LogP) is 6.00. The third-order valence-electron chi connectivity index (χ3n) is 5.21. The molecule has 0 spiro atoms. The summed E-state index contributed by atoms with van der Waals surface area (Å²) < 4.78 is 0. The molecule has 20 heavy (non-hydrogen) atoms.